The highest BCUT2D eigenvalue weighted by Crippen LogP contribution is 2.40. The Kier molecular flexibility index (Phi) is 8.26. The highest BCUT2D eigenvalue weighted by Gasteiger charge is 2.43. The molecule has 2 saturated heterocycles. The average molecular weight is 550 g/mol. The third-order valence-electron chi connectivity index (χ3n) is 8.45. The third-order valence-corrected chi connectivity index (χ3v) is 9.35. The fourth-order valence-corrected chi connectivity index (χ4v) is 6.29. The van der Waals surface area contributed by atoms with Crippen molar-refractivity contribution in [3.63, 3.8) is 0 Å². The number of carboxylic acids is 1. The summed E-state index contributed by atoms with van der Waals surface area (Å²) in [5.41, 5.74) is 6.07. The van der Waals surface area contributed by atoms with Crippen LogP contribution in [-0.4, -0.2) is 60.4 Å². The maximum atomic E-state index is 11.8. The van der Waals surface area contributed by atoms with Gasteiger partial charge in [0.15, 0.2) is 5.13 Å². The smallest absolute Gasteiger partial charge is 0.309 e. The Morgan fingerprint density at radius 3 is 2.69 bits per heavy atom. The van der Waals surface area contributed by atoms with Gasteiger partial charge in [0.25, 0.3) is 0 Å². The van der Waals surface area contributed by atoms with Gasteiger partial charge in [-0.2, -0.15) is 0 Å². The number of carboxylic acid groups (broad SMARTS) is 1. The van der Waals surface area contributed by atoms with E-state index in [-0.39, 0.29) is 5.92 Å². The van der Waals surface area contributed by atoms with Crippen LogP contribution in [0.1, 0.15) is 42.5 Å². The molecule has 0 bridgehead atoms. The van der Waals surface area contributed by atoms with Gasteiger partial charge in [-0.25, -0.2) is 4.98 Å². The Morgan fingerprint density at radius 2 is 1.97 bits per heavy atom. The minimum Gasteiger partial charge on any atom is -0.488 e. The number of rotatable bonds is 8. The van der Waals surface area contributed by atoms with Crippen LogP contribution in [0.5, 0.6) is 5.75 Å². The lowest BCUT2D eigenvalue weighted by Crippen LogP contribution is -2.48. The summed E-state index contributed by atoms with van der Waals surface area (Å²) in [5, 5.41) is 12.7. The van der Waals surface area contributed by atoms with Crippen molar-refractivity contribution < 1.29 is 19.4 Å². The number of carbonyl (C=O) groups is 1. The van der Waals surface area contributed by atoms with Gasteiger partial charge in [0.1, 0.15) is 12.4 Å². The predicted molar refractivity (Wildman–Crippen MR) is 156 cm³/mol. The lowest BCUT2D eigenvalue weighted by molar-refractivity contribution is -0.152. The van der Waals surface area contributed by atoms with Crippen LogP contribution in [0.3, 0.4) is 0 Å². The monoisotopic (exact) mass is 549 g/mol. The third kappa shape index (κ3) is 6.13. The summed E-state index contributed by atoms with van der Waals surface area (Å²) in [6, 6.07) is 12.9. The van der Waals surface area contributed by atoms with E-state index in [1.165, 1.54) is 16.7 Å². The Balaban J connectivity index is 1.28. The molecule has 0 radical (unpaired) electrons. The fraction of sp³-hybridized carbons (Fsp3) is 0.484. The molecule has 2 fully saturated rings. The molecule has 2 aromatic carbocycles. The molecule has 5 rings (SSSR count). The molecule has 0 spiro atoms. The average Bonchev–Trinajstić information content (AvgIpc) is 3.41. The second-order valence-corrected chi connectivity index (χ2v) is 12.1. The Morgan fingerprint density at radius 1 is 1.18 bits per heavy atom. The quantitative estimate of drug-likeness (QED) is 0.382. The standard InChI is InChI=1S/C31H39N3O4S/c1-21-5-8-28(38-19-25-7-6-24(16-22(25)2)18-33-11-13-37-14-12-33)26(15-21)27-20-39-30(32-27)34-10-9-31(4,29(35)36)23(3)17-34/h5-8,15-16,20,23H,9-14,17-19H2,1-4H3,(H,35,36)/t23?,31-/m1/s1. The molecule has 2 aliphatic heterocycles. The van der Waals surface area contributed by atoms with Crippen LogP contribution >= 0.6 is 11.3 Å². The maximum Gasteiger partial charge on any atom is 0.309 e. The SMILES string of the molecule is Cc1ccc(OCc2ccc(CN3CCOCC3)cc2C)c(-c2csc(N3CC[C@@](C)(C(=O)O)C(C)C3)n2)c1. The lowest BCUT2D eigenvalue weighted by atomic mass is 9.73. The minimum absolute atomic E-state index is 0.0393. The van der Waals surface area contributed by atoms with Gasteiger partial charge in [-0.05, 0) is 61.9 Å². The second kappa shape index (κ2) is 11.7. The van der Waals surface area contributed by atoms with Gasteiger partial charge in [0.05, 0.1) is 24.3 Å². The normalized spacial score (nSPS) is 22.2. The number of thiazole rings is 1. The number of benzene rings is 2. The van der Waals surface area contributed by atoms with E-state index in [9.17, 15) is 9.90 Å². The molecule has 2 atom stereocenters. The number of piperidine rings is 1. The van der Waals surface area contributed by atoms with Gasteiger partial charge in [-0.15, -0.1) is 11.3 Å². The van der Waals surface area contributed by atoms with E-state index in [1.54, 1.807) is 11.3 Å². The largest absolute Gasteiger partial charge is 0.488 e. The van der Waals surface area contributed by atoms with Crippen LogP contribution in [0.4, 0.5) is 5.13 Å². The zero-order valence-corrected chi connectivity index (χ0v) is 24.2. The van der Waals surface area contributed by atoms with Crippen molar-refractivity contribution in [1.29, 1.82) is 0 Å². The summed E-state index contributed by atoms with van der Waals surface area (Å²) < 4.78 is 11.9. The highest BCUT2D eigenvalue weighted by molar-refractivity contribution is 7.14. The summed E-state index contributed by atoms with van der Waals surface area (Å²) in [6.07, 6.45) is 0.613. The van der Waals surface area contributed by atoms with Gasteiger partial charge < -0.3 is 19.5 Å². The number of ether oxygens (including phenoxy) is 2. The molecular formula is C31H39N3O4S. The molecule has 1 unspecified atom stereocenters. The van der Waals surface area contributed by atoms with E-state index < -0.39 is 11.4 Å². The number of morpholine rings is 1. The number of anilines is 1. The molecule has 1 N–H and O–H groups in total. The first-order valence-electron chi connectivity index (χ1n) is 13.8. The first-order chi connectivity index (χ1) is 18.7. The Labute approximate surface area is 235 Å². The summed E-state index contributed by atoms with van der Waals surface area (Å²) in [6.45, 7) is 14.5. The van der Waals surface area contributed by atoms with Crippen LogP contribution in [0.2, 0.25) is 0 Å². The summed E-state index contributed by atoms with van der Waals surface area (Å²) >= 11 is 1.61. The molecule has 208 valence electrons. The molecule has 39 heavy (non-hydrogen) atoms. The van der Waals surface area contributed by atoms with Crippen molar-refractivity contribution >= 4 is 22.4 Å². The molecule has 7 nitrogen and oxygen atoms in total. The Hall–Kier alpha value is -2.94. The predicted octanol–water partition coefficient (Wildman–Crippen LogP) is 5.78. The van der Waals surface area contributed by atoms with Crippen LogP contribution in [-0.2, 0) is 22.7 Å². The molecule has 0 saturated carbocycles. The number of aromatic nitrogens is 1. The first kappa shape index (κ1) is 27.6. The number of nitrogens with zero attached hydrogens (tertiary/aromatic N) is 3. The lowest BCUT2D eigenvalue weighted by Gasteiger charge is -2.41. The van der Waals surface area contributed by atoms with Crippen molar-refractivity contribution in [2.24, 2.45) is 11.3 Å². The van der Waals surface area contributed by atoms with E-state index in [0.717, 1.165) is 60.5 Å². The van der Waals surface area contributed by atoms with Gasteiger partial charge in [0, 0.05) is 43.7 Å². The van der Waals surface area contributed by atoms with E-state index in [4.69, 9.17) is 14.5 Å². The Bertz CT molecular complexity index is 1320. The molecule has 8 heteroatoms. The molecule has 3 aromatic rings. The van der Waals surface area contributed by atoms with E-state index >= 15 is 0 Å². The van der Waals surface area contributed by atoms with Crippen molar-refractivity contribution in [3.8, 4) is 17.0 Å². The molecular weight excluding hydrogens is 510 g/mol. The maximum absolute atomic E-state index is 11.8. The molecule has 1 aromatic heterocycles. The number of aryl methyl sites for hydroxylation is 2. The van der Waals surface area contributed by atoms with Crippen molar-refractivity contribution in [2.45, 2.75) is 47.3 Å². The van der Waals surface area contributed by atoms with Crippen molar-refractivity contribution in [1.82, 2.24) is 9.88 Å². The summed E-state index contributed by atoms with van der Waals surface area (Å²) in [5.74, 6) is 0.148. The molecule has 3 heterocycles. The minimum atomic E-state index is -0.710. The topological polar surface area (TPSA) is 75.1 Å². The second-order valence-electron chi connectivity index (χ2n) is 11.3. The number of hydrogen-bond acceptors (Lipinski definition) is 7. The van der Waals surface area contributed by atoms with Gasteiger partial charge in [0.2, 0.25) is 0 Å². The number of aliphatic carboxylic acids is 1. The van der Waals surface area contributed by atoms with E-state index in [2.05, 4.69) is 59.4 Å². The first-order valence-corrected chi connectivity index (χ1v) is 14.7. The van der Waals surface area contributed by atoms with Crippen molar-refractivity contribution in [2.75, 3.05) is 44.3 Å². The van der Waals surface area contributed by atoms with Crippen LogP contribution in [0, 0.1) is 25.2 Å². The van der Waals surface area contributed by atoms with Gasteiger partial charge >= 0.3 is 5.97 Å². The summed E-state index contributed by atoms with van der Waals surface area (Å²) in [4.78, 5) is 21.5. The molecule has 0 amide bonds. The van der Waals surface area contributed by atoms with E-state index in [1.807, 2.05) is 19.9 Å². The van der Waals surface area contributed by atoms with Crippen LogP contribution < -0.4 is 9.64 Å². The molecule has 0 aliphatic carbocycles. The van der Waals surface area contributed by atoms with Crippen molar-refractivity contribution in [3.05, 3.63) is 64.0 Å². The van der Waals surface area contributed by atoms with Crippen LogP contribution in [0.15, 0.2) is 41.8 Å². The zero-order valence-electron chi connectivity index (χ0n) is 23.4. The summed E-state index contributed by atoms with van der Waals surface area (Å²) in [7, 11) is 0. The van der Waals surface area contributed by atoms with Gasteiger partial charge in [-0.3, -0.25) is 9.69 Å². The van der Waals surface area contributed by atoms with Crippen LogP contribution in [0.25, 0.3) is 11.3 Å². The van der Waals surface area contributed by atoms with E-state index in [0.29, 0.717) is 26.1 Å². The highest BCUT2D eigenvalue weighted by atomic mass is 32.1. The van der Waals surface area contributed by atoms with Gasteiger partial charge in [-0.1, -0.05) is 36.8 Å². The molecule has 2 aliphatic rings. The fourth-order valence-electron chi connectivity index (χ4n) is 5.42. The number of hydrogen-bond donors (Lipinski definition) is 1. The zero-order chi connectivity index (χ0) is 27.6.